The summed E-state index contributed by atoms with van der Waals surface area (Å²) in [5.41, 5.74) is 10.4. The summed E-state index contributed by atoms with van der Waals surface area (Å²) in [5, 5.41) is 8.20. The Kier molecular flexibility index (Phi) is 9.65. The summed E-state index contributed by atoms with van der Waals surface area (Å²) in [5.74, 6) is 3.38. The lowest BCUT2D eigenvalue weighted by Gasteiger charge is -2.24. The normalized spacial score (nSPS) is 13.7. The lowest BCUT2D eigenvalue weighted by atomic mass is 9.97. The van der Waals surface area contributed by atoms with Crippen molar-refractivity contribution in [2.24, 2.45) is 9.98 Å². The van der Waals surface area contributed by atoms with E-state index >= 15 is 0 Å². The Hall–Kier alpha value is -8.39. The zero-order valence-electron chi connectivity index (χ0n) is 35.0. The summed E-state index contributed by atoms with van der Waals surface area (Å²) >= 11 is 1.80. The molecule has 1 N–H and O–H groups in total. The van der Waals surface area contributed by atoms with E-state index in [1.807, 2.05) is 30.3 Å². The zero-order valence-corrected chi connectivity index (χ0v) is 35.8. The molecule has 9 aromatic carbocycles. The molecule has 1 atom stereocenters. The molecule has 0 saturated heterocycles. The van der Waals surface area contributed by atoms with Crippen LogP contribution in [0.4, 0.5) is 0 Å². The van der Waals surface area contributed by atoms with Crippen LogP contribution >= 0.6 is 11.3 Å². The highest BCUT2D eigenvalue weighted by Crippen LogP contribution is 2.45. The second kappa shape index (κ2) is 16.4. The molecule has 0 bridgehead atoms. The minimum atomic E-state index is -0.313. The van der Waals surface area contributed by atoms with Gasteiger partial charge in [0, 0.05) is 48.0 Å². The maximum absolute atomic E-state index is 5.28. The number of aliphatic imine (C=N–C) groups is 2. The lowest BCUT2D eigenvalue weighted by Crippen LogP contribution is -2.33. The first kappa shape index (κ1) is 38.3. The maximum atomic E-state index is 5.28. The van der Waals surface area contributed by atoms with Crippen molar-refractivity contribution in [1.82, 2.24) is 20.3 Å². The number of rotatable bonds is 8. The number of hydrogen-bond acceptors (Lipinski definition) is 7. The van der Waals surface area contributed by atoms with E-state index in [2.05, 4.69) is 193 Å². The minimum absolute atomic E-state index is 0.313. The van der Waals surface area contributed by atoms with E-state index in [0.717, 1.165) is 77.6 Å². The maximum Gasteiger partial charge on any atom is 0.164 e. The predicted molar refractivity (Wildman–Crippen MR) is 269 cm³/mol. The van der Waals surface area contributed by atoms with Crippen LogP contribution in [-0.2, 0) is 0 Å². The number of hydrogen-bond donors (Lipinski definition) is 1. The molecule has 2 aromatic heterocycles. The van der Waals surface area contributed by atoms with Gasteiger partial charge in [-0.05, 0) is 50.7 Å². The molecular formula is C58H38N6S. The van der Waals surface area contributed by atoms with Gasteiger partial charge in [0.15, 0.2) is 23.3 Å². The predicted octanol–water partition coefficient (Wildman–Crippen LogP) is 14.2. The van der Waals surface area contributed by atoms with Gasteiger partial charge in [-0.3, -0.25) is 0 Å². The van der Waals surface area contributed by atoms with E-state index in [1.54, 1.807) is 11.3 Å². The first-order valence-corrected chi connectivity index (χ1v) is 22.5. The molecule has 0 amide bonds. The fraction of sp³-hybridized carbons (Fsp3) is 0.0172. The summed E-state index contributed by atoms with van der Waals surface area (Å²) in [4.78, 5) is 26.0. The third-order valence-electron chi connectivity index (χ3n) is 12.0. The minimum Gasteiger partial charge on any atom is -0.344 e. The van der Waals surface area contributed by atoms with Gasteiger partial charge in [-0.25, -0.2) is 24.9 Å². The summed E-state index contributed by atoms with van der Waals surface area (Å²) in [7, 11) is 0. The molecule has 11 aromatic rings. The molecule has 1 aliphatic rings. The first-order valence-electron chi connectivity index (χ1n) is 21.7. The molecule has 306 valence electrons. The number of fused-ring (bicyclic) bond motifs is 4. The van der Waals surface area contributed by atoms with Gasteiger partial charge in [0.05, 0.1) is 0 Å². The van der Waals surface area contributed by atoms with Crippen LogP contribution in [-0.4, -0.2) is 26.6 Å². The largest absolute Gasteiger partial charge is 0.344 e. The molecule has 0 spiro atoms. The van der Waals surface area contributed by atoms with Crippen molar-refractivity contribution in [2.45, 2.75) is 6.17 Å². The van der Waals surface area contributed by atoms with Gasteiger partial charge in [-0.1, -0.05) is 206 Å². The summed E-state index contributed by atoms with van der Waals surface area (Å²) in [6.45, 7) is 0. The molecule has 0 fully saturated rings. The van der Waals surface area contributed by atoms with Crippen LogP contribution in [0.25, 0.3) is 87.4 Å². The molecule has 6 nitrogen and oxygen atoms in total. The Morgan fingerprint density at radius 1 is 0.385 bits per heavy atom. The van der Waals surface area contributed by atoms with Crippen molar-refractivity contribution >= 4 is 54.0 Å². The highest BCUT2D eigenvalue weighted by molar-refractivity contribution is 7.26. The summed E-state index contributed by atoms with van der Waals surface area (Å²) in [6, 6.07) is 75.8. The molecule has 3 heterocycles. The van der Waals surface area contributed by atoms with E-state index in [-0.39, 0.29) is 6.17 Å². The fourth-order valence-corrected chi connectivity index (χ4v) is 10.1. The Bertz CT molecular complexity index is 3610. The van der Waals surface area contributed by atoms with Crippen LogP contribution < -0.4 is 5.32 Å². The van der Waals surface area contributed by atoms with Crippen LogP contribution in [0.5, 0.6) is 0 Å². The van der Waals surface area contributed by atoms with E-state index in [9.17, 15) is 0 Å². The number of nitrogens with zero attached hydrogens (tertiary/aromatic N) is 5. The van der Waals surface area contributed by atoms with Crippen LogP contribution in [0.1, 0.15) is 22.9 Å². The average molecular weight is 851 g/mol. The van der Waals surface area contributed by atoms with E-state index in [4.69, 9.17) is 24.9 Å². The van der Waals surface area contributed by atoms with Gasteiger partial charge >= 0.3 is 0 Å². The van der Waals surface area contributed by atoms with Crippen molar-refractivity contribution in [3.05, 3.63) is 235 Å². The first-order chi connectivity index (χ1) is 32.2. The monoisotopic (exact) mass is 850 g/mol. The Morgan fingerprint density at radius 2 is 0.938 bits per heavy atom. The van der Waals surface area contributed by atoms with Crippen LogP contribution in [0, 0.1) is 0 Å². The topological polar surface area (TPSA) is 75.4 Å². The molecular weight excluding hydrogens is 813 g/mol. The van der Waals surface area contributed by atoms with E-state index < -0.39 is 0 Å². The molecule has 12 rings (SSSR count). The van der Waals surface area contributed by atoms with Gasteiger partial charge in [-0.15, -0.1) is 11.3 Å². The second-order valence-electron chi connectivity index (χ2n) is 16.0. The highest BCUT2D eigenvalue weighted by atomic mass is 32.1. The van der Waals surface area contributed by atoms with Crippen molar-refractivity contribution < 1.29 is 0 Å². The molecule has 1 aliphatic heterocycles. The van der Waals surface area contributed by atoms with Crippen molar-refractivity contribution in [2.75, 3.05) is 0 Å². The van der Waals surface area contributed by atoms with Gasteiger partial charge in [-0.2, -0.15) is 0 Å². The quantitative estimate of drug-likeness (QED) is 0.165. The number of amidine groups is 2. The second-order valence-corrected chi connectivity index (χ2v) is 17.1. The lowest BCUT2D eigenvalue weighted by molar-refractivity contribution is 0.674. The van der Waals surface area contributed by atoms with E-state index in [0.29, 0.717) is 23.3 Å². The number of thiophene rings is 1. The van der Waals surface area contributed by atoms with Crippen molar-refractivity contribution in [1.29, 1.82) is 0 Å². The van der Waals surface area contributed by atoms with Crippen LogP contribution in [0.15, 0.2) is 228 Å². The zero-order chi connectivity index (χ0) is 43.1. The smallest absolute Gasteiger partial charge is 0.164 e. The van der Waals surface area contributed by atoms with Gasteiger partial charge in [0.1, 0.15) is 12.0 Å². The van der Waals surface area contributed by atoms with Gasteiger partial charge < -0.3 is 5.32 Å². The SMILES string of the molecule is c1ccc(-c2nc(-c3cccc4ccccc34)nc(-c3ccc(-c4ccc(C5=NC(c6ccccc6-c6ccccc6)=NC(c6ccccc6)N5)cc4)c4sc5ccccc5c34)n2)cc1. The van der Waals surface area contributed by atoms with Crippen LogP contribution in [0.3, 0.4) is 0 Å². The Labute approximate surface area is 380 Å². The average Bonchev–Trinajstić information content (AvgIpc) is 3.79. The number of benzene rings is 9. The van der Waals surface area contributed by atoms with Gasteiger partial charge in [0.2, 0.25) is 0 Å². The van der Waals surface area contributed by atoms with Crippen molar-refractivity contribution in [3.8, 4) is 56.4 Å². The molecule has 0 aliphatic carbocycles. The van der Waals surface area contributed by atoms with E-state index in [1.165, 1.54) is 14.8 Å². The molecule has 7 heteroatoms. The third-order valence-corrected chi connectivity index (χ3v) is 13.2. The fourth-order valence-electron chi connectivity index (χ4n) is 8.87. The third kappa shape index (κ3) is 7.14. The molecule has 0 saturated carbocycles. The number of nitrogens with one attached hydrogen (secondary N) is 1. The Balaban J connectivity index is 0.974. The molecule has 65 heavy (non-hydrogen) atoms. The van der Waals surface area contributed by atoms with Gasteiger partial charge in [0.25, 0.3) is 0 Å². The van der Waals surface area contributed by atoms with Crippen molar-refractivity contribution in [3.63, 3.8) is 0 Å². The molecule has 0 radical (unpaired) electrons. The Morgan fingerprint density at radius 3 is 1.72 bits per heavy atom. The van der Waals surface area contributed by atoms with Crippen LogP contribution in [0.2, 0.25) is 0 Å². The highest BCUT2D eigenvalue weighted by Gasteiger charge is 2.24. The molecule has 1 unspecified atom stereocenters. The number of aromatic nitrogens is 3. The summed E-state index contributed by atoms with van der Waals surface area (Å²) in [6.07, 6.45) is -0.313. The standard InChI is InChI=1S/C58H38N6S/c1-4-17-37(18-5-1)43-26-12-13-27-46(43)56-60-53(40-20-6-2-7-21-40)59-55(62-56)42-33-31-39(32-34-42)45-35-36-49(51-48-28-14-15-30-50(48)65-52(45)51)58-63-54(41-22-8-3-9-23-41)61-57(64-58)47-29-16-24-38-19-10-11-25-44(38)47/h1-36,53H,(H,59,60,62). The summed E-state index contributed by atoms with van der Waals surface area (Å²) < 4.78 is 2.38.